The molecular weight excluding hydrogens is 372 g/mol. The molecule has 0 saturated heterocycles. The fraction of sp³-hybridized carbons (Fsp3) is 0.318. The summed E-state index contributed by atoms with van der Waals surface area (Å²) in [5, 5.41) is 3.03. The third-order valence-electron chi connectivity index (χ3n) is 4.83. The topological polar surface area (TPSA) is 66.5 Å². The maximum Gasteiger partial charge on any atom is 0.261 e. The van der Waals surface area contributed by atoms with E-state index >= 15 is 0 Å². The Morgan fingerprint density at radius 3 is 2.04 bits per heavy atom. The molecule has 3 rings (SSSR count). The van der Waals surface area contributed by atoms with E-state index in [9.17, 15) is 14.4 Å². The van der Waals surface area contributed by atoms with Crippen LogP contribution in [0.4, 0.5) is 5.69 Å². The zero-order valence-corrected chi connectivity index (χ0v) is 17.0. The maximum atomic E-state index is 12.4. The highest BCUT2D eigenvalue weighted by molar-refractivity contribution is 7.99. The van der Waals surface area contributed by atoms with Crippen molar-refractivity contribution < 1.29 is 14.4 Å². The van der Waals surface area contributed by atoms with Crippen molar-refractivity contribution in [3.8, 4) is 0 Å². The van der Waals surface area contributed by atoms with Gasteiger partial charge in [0.2, 0.25) is 5.91 Å². The van der Waals surface area contributed by atoms with Gasteiger partial charge in [-0.15, -0.1) is 0 Å². The van der Waals surface area contributed by atoms with Crippen LogP contribution in [-0.2, 0) is 17.6 Å². The maximum absolute atomic E-state index is 12.4. The Hall–Kier alpha value is -2.60. The zero-order chi connectivity index (χ0) is 20.1. The van der Waals surface area contributed by atoms with E-state index in [0.717, 1.165) is 29.7 Å². The first-order valence-corrected chi connectivity index (χ1v) is 10.7. The summed E-state index contributed by atoms with van der Waals surface area (Å²) in [6.45, 7) is 4.44. The van der Waals surface area contributed by atoms with Gasteiger partial charge in [-0.1, -0.05) is 44.2 Å². The lowest BCUT2D eigenvalue weighted by Crippen LogP contribution is -2.32. The van der Waals surface area contributed by atoms with E-state index in [4.69, 9.17) is 0 Å². The second kappa shape index (κ2) is 9.06. The van der Waals surface area contributed by atoms with Crippen LogP contribution in [0.15, 0.2) is 42.5 Å². The quantitative estimate of drug-likeness (QED) is 0.545. The minimum absolute atomic E-state index is 0.0667. The van der Waals surface area contributed by atoms with Gasteiger partial charge >= 0.3 is 0 Å². The van der Waals surface area contributed by atoms with Crippen molar-refractivity contribution in [2.75, 3.05) is 23.4 Å². The van der Waals surface area contributed by atoms with E-state index in [-0.39, 0.29) is 23.5 Å². The molecule has 2 aromatic rings. The molecule has 0 aliphatic carbocycles. The molecule has 0 spiro atoms. The van der Waals surface area contributed by atoms with Gasteiger partial charge in [-0.05, 0) is 36.1 Å². The van der Waals surface area contributed by atoms with Crippen molar-refractivity contribution in [2.24, 2.45) is 0 Å². The molecule has 28 heavy (non-hydrogen) atoms. The molecule has 5 nitrogen and oxygen atoms in total. The summed E-state index contributed by atoms with van der Waals surface area (Å²) >= 11 is 1.42. The van der Waals surface area contributed by atoms with Crippen LogP contribution in [-0.4, -0.2) is 40.7 Å². The minimum atomic E-state index is -0.255. The number of rotatable bonds is 8. The molecule has 0 aromatic heterocycles. The molecule has 0 saturated carbocycles. The number of thioether (sulfide) groups is 1. The van der Waals surface area contributed by atoms with Gasteiger partial charge in [-0.3, -0.25) is 19.3 Å². The van der Waals surface area contributed by atoms with Crippen LogP contribution in [0.25, 0.3) is 0 Å². The Labute approximate surface area is 169 Å². The normalized spacial score (nSPS) is 13.0. The average molecular weight is 397 g/mol. The van der Waals surface area contributed by atoms with Gasteiger partial charge in [0.05, 0.1) is 16.9 Å². The van der Waals surface area contributed by atoms with Crippen molar-refractivity contribution in [1.29, 1.82) is 0 Å². The van der Waals surface area contributed by atoms with Gasteiger partial charge < -0.3 is 5.32 Å². The van der Waals surface area contributed by atoms with Crippen LogP contribution in [0.5, 0.6) is 0 Å². The second-order valence-corrected chi connectivity index (χ2v) is 7.67. The predicted molar refractivity (Wildman–Crippen MR) is 113 cm³/mol. The van der Waals surface area contributed by atoms with Gasteiger partial charge in [0.15, 0.2) is 0 Å². The first kappa shape index (κ1) is 20.1. The molecule has 1 aliphatic rings. The number of hydrogen-bond acceptors (Lipinski definition) is 4. The lowest BCUT2D eigenvalue weighted by atomic mass is 10.0. The number of amides is 3. The van der Waals surface area contributed by atoms with Crippen LogP contribution in [0, 0.1) is 0 Å². The Bertz CT molecular complexity index is 853. The summed E-state index contributed by atoms with van der Waals surface area (Å²) in [7, 11) is 0. The highest BCUT2D eigenvalue weighted by atomic mass is 32.2. The molecule has 0 fully saturated rings. The van der Waals surface area contributed by atoms with Crippen molar-refractivity contribution in [3.63, 3.8) is 0 Å². The summed E-state index contributed by atoms with van der Waals surface area (Å²) in [4.78, 5) is 38.3. The highest BCUT2D eigenvalue weighted by Gasteiger charge is 2.34. The second-order valence-electron chi connectivity index (χ2n) is 6.57. The lowest BCUT2D eigenvalue weighted by molar-refractivity contribution is -0.113. The summed E-state index contributed by atoms with van der Waals surface area (Å²) in [6.07, 6.45) is 1.71. The molecule has 1 aliphatic heterocycles. The third kappa shape index (κ3) is 4.12. The van der Waals surface area contributed by atoms with E-state index in [1.165, 1.54) is 16.7 Å². The van der Waals surface area contributed by atoms with Crippen LogP contribution >= 0.6 is 11.8 Å². The summed E-state index contributed by atoms with van der Waals surface area (Å²) < 4.78 is 0. The predicted octanol–water partition coefficient (Wildman–Crippen LogP) is 3.78. The first-order valence-electron chi connectivity index (χ1n) is 9.50. The molecule has 1 N–H and O–H groups in total. The molecular formula is C22H24N2O3S. The summed E-state index contributed by atoms with van der Waals surface area (Å²) in [6, 6.07) is 12.9. The molecule has 0 unspecified atom stereocenters. The van der Waals surface area contributed by atoms with Gasteiger partial charge in [-0.25, -0.2) is 0 Å². The molecule has 0 radical (unpaired) electrons. The molecule has 2 aromatic carbocycles. The molecule has 1 heterocycles. The lowest BCUT2D eigenvalue weighted by Gasteiger charge is -2.15. The smallest absolute Gasteiger partial charge is 0.261 e. The van der Waals surface area contributed by atoms with Crippen molar-refractivity contribution >= 4 is 35.2 Å². The van der Waals surface area contributed by atoms with E-state index in [1.54, 1.807) is 24.3 Å². The number of nitrogens with one attached hydrogen (secondary N) is 1. The summed E-state index contributed by atoms with van der Waals surface area (Å²) in [5.74, 6) is 0.229. The Morgan fingerprint density at radius 2 is 1.50 bits per heavy atom. The molecule has 146 valence electrons. The number of nitrogens with zero attached hydrogens (tertiary/aromatic N) is 1. The molecule has 3 amide bonds. The van der Waals surface area contributed by atoms with Gasteiger partial charge in [0.1, 0.15) is 0 Å². The van der Waals surface area contributed by atoms with Crippen molar-refractivity contribution in [2.45, 2.75) is 26.7 Å². The number of fused-ring (bicyclic) bond motifs is 1. The van der Waals surface area contributed by atoms with Crippen molar-refractivity contribution in [1.82, 2.24) is 4.90 Å². The monoisotopic (exact) mass is 396 g/mol. The van der Waals surface area contributed by atoms with E-state index < -0.39 is 0 Å². The van der Waals surface area contributed by atoms with Gasteiger partial charge in [0.25, 0.3) is 11.8 Å². The summed E-state index contributed by atoms with van der Waals surface area (Å²) in [5.41, 5.74) is 4.09. The fourth-order valence-corrected chi connectivity index (χ4v) is 4.06. The molecule has 0 atom stereocenters. The Morgan fingerprint density at radius 1 is 0.929 bits per heavy atom. The number of para-hydroxylation sites is 1. The third-order valence-corrected chi connectivity index (χ3v) is 5.77. The Balaban J connectivity index is 1.51. The number of hydrogen-bond donors (Lipinski definition) is 1. The average Bonchev–Trinajstić information content (AvgIpc) is 2.96. The van der Waals surface area contributed by atoms with E-state index in [2.05, 4.69) is 19.2 Å². The number of carbonyl (C=O) groups excluding carboxylic acids is 3. The first-order chi connectivity index (χ1) is 13.6. The number of aryl methyl sites for hydroxylation is 2. The van der Waals surface area contributed by atoms with Gasteiger partial charge in [0, 0.05) is 18.0 Å². The van der Waals surface area contributed by atoms with Crippen LogP contribution in [0.1, 0.15) is 45.7 Å². The Kier molecular flexibility index (Phi) is 6.52. The standard InChI is InChI=1S/C22H24N2O3S/c1-3-15-8-7-9-16(4-2)20(15)23-19(25)14-28-13-12-24-21(26)17-10-5-6-11-18(17)22(24)27/h5-11H,3-4,12-14H2,1-2H3,(H,23,25). The molecule has 0 bridgehead atoms. The van der Waals surface area contributed by atoms with Crippen molar-refractivity contribution in [3.05, 3.63) is 64.7 Å². The van der Waals surface area contributed by atoms with Crippen LogP contribution in [0.3, 0.4) is 0 Å². The van der Waals surface area contributed by atoms with E-state index in [1.807, 2.05) is 18.2 Å². The minimum Gasteiger partial charge on any atom is -0.325 e. The number of anilines is 1. The number of imide groups is 1. The largest absolute Gasteiger partial charge is 0.325 e. The molecule has 6 heteroatoms. The van der Waals surface area contributed by atoms with Gasteiger partial charge in [-0.2, -0.15) is 11.8 Å². The highest BCUT2D eigenvalue weighted by Crippen LogP contribution is 2.24. The zero-order valence-electron chi connectivity index (χ0n) is 16.2. The number of carbonyl (C=O) groups is 3. The van der Waals surface area contributed by atoms with Crippen LogP contribution < -0.4 is 5.32 Å². The number of benzene rings is 2. The fourth-order valence-electron chi connectivity index (χ4n) is 3.34. The van der Waals surface area contributed by atoms with E-state index in [0.29, 0.717) is 23.4 Å². The van der Waals surface area contributed by atoms with Crippen LogP contribution in [0.2, 0.25) is 0 Å². The SMILES string of the molecule is CCc1cccc(CC)c1NC(=O)CSCCN1C(=O)c2ccccc2C1=O.